The van der Waals surface area contributed by atoms with E-state index in [1.54, 1.807) is 11.8 Å². The molecule has 1 heterocycles. The molecule has 72 valence electrons. The number of thioether (sulfide) groups is 1. The predicted octanol–water partition coefficient (Wildman–Crippen LogP) is 3.33. The molecule has 0 atom stereocenters. The Morgan fingerprint density at radius 3 is 2.85 bits per heavy atom. The van der Waals surface area contributed by atoms with E-state index >= 15 is 0 Å². The van der Waals surface area contributed by atoms with Gasteiger partial charge in [-0.05, 0) is 28.6 Å². The summed E-state index contributed by atoms with van der Waals surface area (Å²) in [7, 11) is 0. The van der Waals surface area contributed by atoms with Gasteiger partial charge in [-0.15, -0.1) is 0 Å². The van der Waals surface area contributed by atoms with Crippen LogP contribution in [-0.4, -0.2) is 16.2 Å². The molecule has 0 saturated heterocycles. The fraction of sp³-hybridized carbons (Fsp3) is 0.500. The van der Waals surface area contributed by atoms with Gasteiger partial charge in [0.2, 0.25) is 0 Å². The van der Waals surface area contributed by atoms with Crippen molar-refractivity contribution >= 4 is 39.9 Å². The first-order chi connectivity index (χ1) is 6.19. The lowest BCUT2D eigenvalue weighted by atomic mass is 10.3. The van der Waals surface area contributed by atoms with Crippen molar-refractivity contribution < 1.29 is 0 Å². The van der Waals surface area contributed by atoms with Crippen LogP contribution in [0.15, 0.2) is 4.47 Å². The maximum atomic E-state index is 5.12. The summed E-state index contributed by atoms with van der Waals surface area (Å²) in [5.41, 5.74) is 1.13. The molecular formula is C8H11BrN2S2. The molecule has 0 spiro atoms. The van der Waals surface area contributed by atoms with Gasteiger partial charge in [-0.25, -0.2) is 4.98 Å². The molecule has 1 rings (SSSR count). The number of aromatic nitrogens is 2. The normalized spacial score (nSPS) is 10.4. The van der Waals surface area contributed by atoms with Crippen LogP contribution in [-0.2, 0) is 12.2 Å². The Morgan fingerprint density at radius 2 is 2.31 bits per heavy atom. The van der Waals surface area contributed by atoms with Gasteiger partial charge in [-0.3, -0.25) is 0 Å². The number of aromatic amines is 1. The highest BCUT2D eigenvalue weighted by atomic mass is 79.9. The van der Waals surface area contributed by atoms with E-state index in [1.165, 1.54) is 0 Å². The lowest BCUT2D eigenvalue weighted by molar-refractivity contribution is 0.921. The van der Waals surface area contributed by atoms with Crippen molar-refractivity contribution in [2.24, 2.45) is 0 Å². The summed E-state index contributed by atoms with van der Waals surface area (Å²) in [6.45, 7) is 2.09. The first-order valence-corrected chi connectivity index (χ1v) is 6.55. The third-order valence-corrected chi connectivity index (χ3v) is 3.59. The standard InChI is InChI=1S/C8H11BrN2S2/c1-3-5-7(9)8(12)11-6(10-5)4-13-2/h3-4H2,1-2H3,(H,10,11,12). The first kappa shape index (κ1) is 11.2. The van der Waals surface area contributed by atoms with Crippen molar-refractivity contribution in [3.63, 3.8) is 0 Å². The Kier molecular flexibility index (Phi) is 4.41. The van der Waals surface area contributed by atoms with Gasteiger partial charge < -0.3 is 4.98 Å². The highest BCUT2D eigenvalue weighted by Crippen LogP contribution is 2.17. The molecule has 0 aliphatic carbocycles. The lowest BCUT2D eigenvalue weighted by Gasteiger charge is -2.05. The molecule has 0 aliphatic rings. The van der Waals surface area contributed by atoms with Crippen LogP contribution in [0.3, 0.4) is 0 Å². The molecule has 0 fully saturated rings. The Bertz CT molecular complexity index is 348. The zero-order valence-corrected chi connectivity index (χ0v) is 10.8. The summed E-state index contributed by atoms with van der Waals surface area (Å²) >= 11 is 10.3. The van der Waals surface area contributed by atoms with Crippen molar-refractivity contribution in [3.05, 3.63) is 20.6 Å². The fourth-order valence-corrected chi connectivity index (χ4v) is 2.12. The number of aryl methyl sites for hydroxylation is 1. The van der Waals surface area contributed by atoms with Crippen molar-refractivity contribution in [1.29, 1.82) is 0 Å². The van der Waals surface area contributed by atoms with Crippen LogP contribution in [0.25, 0.3) is 0 Å². The molecule has 0 saturated carbocycles. The van der Waals surface area contributed by atoms with Crippen LogP contribution in [0.2, 0.25) is 0 Å². The zero-order chi connectivity index (χ0) is 9.84. The van der Waals surface area contributed by atoms with Gasteiger partial charge in [-0.2, -0.15) is 11.8 Å². The molecule has 0 aromatic carbocycles. The number of nitrogens with one attached hydrogen (secondary N) is 1. The molecule has 0 radical (unpaired) electrons. The van der Waals surface area contributed by atoms with Gasteiger partial charge in [0.05, 0.1) is 10.2 Å². The van der Waals surface area contributed by atoms with E-state index < -0.39 is 0 Å². The topological polar surface area (TPSA) is 28.7 Å². The summed E-state index contributed by atoms with van der Waals surface area (Å²) in [4.78, 5) is 7.52. The van der Waals surface area contributed by atoms with Crippen LogP contribution < -0.4 is 0 Å². The van der Waals surface area contributed by atoms with E-state index in [9.17, 15) is 0 Å². The second-order valence-electron chi connectivity index (χ2n) is 2.57. The van der Waals surface area contributed by atoms with Crippen molar-refractivity contribution in [1.82, 2.24) is 9.97 Å². The summed E-state index contributed by atoms with van der Waals surface area (Å²) in [6.07, 6.45) is 2.99. The molecule has 13 heavy (non-hydrogen) atoms. The largest absolute Gasteiger partial charge is 0.345 e. The Balaban J connectivity index is 3.14. The second kappa shape index (κ2) is 5.12. The number of hydrogen-bond acceptors (Lipinski definition) is 3. The first-order valence-electron chi connectivity index (χ1n) is 3.95. The van der Waals surface area contributed by atoms with Crippen molar-refractivity contribution in [2.45, 2.75) is 19.1 Å². The average Bonchev–Trinajstić information content (AvgIpc) is 2.11. The average molecular weight is 279 g/mol. The van der Waals surface area contributed by atoms with Crippen LogP contribution >= 0.6 is 39.9 Å². The van der Waals surface area contributed by atoms with Gasteiger partial charge in [0, 0.05) is 5.69 Å². The number of halogens is 1. The summed E-state index contributed by atoms with van der Waals surface area (Å²) in [5.74, 6) is 1.83. The van der Waals surface area contributed by atoms with E-state index in [-0.39, 0.29) is 0 Å². The minimum atomic E-state index is 0.652. The van der Waals surface area contributed by atoms with Crippen LogP contribution in [0, 0.1) is 4.64 Å². The molecule has 2 nitrogen and oxygen atoms in total. The molecular weight excluding hydrogens is 268 g/mol. The van der Waals surface area contributed by atoms with Crippen LogP contribution in [0.1, 0.15) is 18.4 Å². The second-order valence-corrected chi connectivity index (χ2v) is 4.61. The maximum absolute atomic E-state index is 5.12. The number of H-pyrrole nitrogens is 1. The molecule has 0 unspecified atom stereocenters. The van der Waals surface area contributed by atoms with Crippen LogP contribution in [0.5, 0.6) is 0 Å². The molecule has 1 aromatic heterocycles. The van der Waals surface area contributed by atoms with Crippen molar-refractivity contribution in [2.75, 3.05) is 6.26 Å². The molecule has 0 aliphatic heterocycles. The van der Waals surface area contributed by atoms with E-state index in [0.717, 1.165) is 28.2 Å². The van der Waals surface area contributed by atoms with E-state index in [2.05, 4.69) is 32.8 Å². The Morgan fingerprint density at radius 1 is 1.62 bits per heavy atom. The molecule has 0 amide bonds. The quantitative estimate of drug-likeness (QED) is 0.860. The van der Waals surface area contributed by atoms with Gasteiger partial charge in [-0.1, -0.05) is 19.1 Å². The zero-order valence-electron chi connectivity index (χ0n) is 7.56. The SMILES string of the molecule is CCc1[nH]c(CSC)nc(=S)c1Br. The summed E-state index contributed by atoms with van der Waals surface area (Å²) < 4.78 is 1.58. The third kappa shape index (κ3) is 2.79. The lowest BCUT2D eigenvalue weighted by Crippen LogP contribution is -1.99. The predicted molar refractivity (Wildman–Crippen MR) is 63.7 cm³/mol. The summed E-state index contributed by atoms with van der Waals surface area (Å²) in [6, 6.07) is 0. The number of nitrogens with zero attached hydrogens (tertiary/aromatic N) is 1. The highest BCUT2D eigenvalue weighted by Gasteiger charge is 2.03. The Hall–Kier alpha value is 0.130. The van der Waals surface area contributed by atoms with Gasteiger partial charge in [0.1, 0.15) is 10.5 Å². The van der Waals surface area contributed by atoms with Gasteiger partial charge >= 0.3 is 0 Å². The number of rotatable bonds is 3. The fourth-order valence-electron chi connectivity index (χ4n) is 1.01. The smallest absolute Gasteiger partial charge is 0.144 e. The Labute approximate surface area is 95.7 Å². The van der Waals surface area contributed by atoms with Crippen molar-refractivity contribution in [3.8, 4) is 0 Å². The third-order valence-electron chi connectivity index (χ3n) is 1.62. The monoisotopic (exact) mass is 278 g/mol. The highest BCUT2D eigenvalue weighted by molar-refractivity contribution is 9.10. The number of hydrogen-bond donors (Lipinski definition) is 1. The van der Waals surface area contributed by atoms with E-state index in [0.29, 0.717) is 4.64 Å². The van der Waals surface area contributed by atoms with Gasteiger partial charge in [0.15, 0.2) is 0 Å². The molecule has 0 bridgehead atoms. The maximum Gasteiger partial charge on any atom is 0.144 e. The van der Waals surface area contributed by atoms with E-state index in [1.807, 2.05) is 6.26 Å². The van der Waals surface area contributed by atoms with Crippen LogP contribution in [0.4, 0.5) is 0 Å². The molecule has 1 N–H and O–H groups in total. The molecule has 1 aromatic rings. The minimum Gasteiger partial charge on any atom is -0.345 e. The minimum absolute atomic E-state index is 0.652. The molecule has 5 heteroatoms. The summed E-state index contributed by atoms with van der Waals surface area (Å²) in [5, 5.41) is 0. The van der Waals surface area contributed by atoms with E-state index in [4.69, 9.17) is 12.2 Å². The van der Waals surface area contributed by atoms with Gasteiger partial charge in [0.25, 0.3) is 0 Å².